The number of rotatable bonds is 7. The quantitative estimate of drug-likeness (QED) is 0.591. The van der Waals surface area contributed by atoms with Gasteiger partial charge in [-0.2, -0.15) is 5.10 Å². The molecular weight excluding hydrogens is 356 g/mol. The van der Waals surface area contributed by atoms with Gasteiger partial charge >= 0.3 is 5.97 Å². The fourth-order valence-electron chi connectivity index (χ4n) is 2.80. The van der Waals surface area contributed by atoms with E-state index in [-0.39, 0.29) is 12.5 Å². The Labute approximate surface area is 163 Å². The van der Waals surface area contributed by atoms with Crippen molar-refractivity contribution >= 4 is 11.9 Å². The largest absolute Gasteiger partial charge is 0.452 e. The lowest BCUT2D eigenvalue weighted by atomic mass is 10.2. The molecule has 0 saturated carbocycles. The van der Waals surface area contributed by atoms with Crippen LogP contribution in [0.15, 0.2) is 60.9 Å². The summed E-state index contributed by atoms with van der Waals surface area (Å²) in [6.07, 6.45) is 3.08. The monoisotopic (exact) mass is 378 g/mol. The molecular formula is C21H22N4O3. The number of carbonyl (C=O) groups is 2. The molecule has 0 aliphatic heterocycles. The van der Waals surface area contributed by atoms with Crippen LogP contribution < -0.4 is 0 Å². The Morgan fingerprint density at radius 3 is 2.54 bits per heavy atom. The summed E-state index contributed by atoms with van der Waals surface area (Å²) >= 11 is 0. The lowest BCUT2D eigenvalue weighted by Gasteiger charge is -2.20. The SMILES string of the molecule is CCN(Cc1ccccc1)C(=O)COC(=O)c1cnn(-c2ccccn2)c1C. The molecule has 0 radical (unpaired) electrons. The summed E-state index contributed by atoms with van der Waals surface area (Å²) in [7, 11) is 0. The predicted molar refractivity (Wildman–Crippen MR) is 104 cm³/mol. The average molecular weight is 378 g/mol. The number of ether oxygens (including phenoxy) is 1. The summed E-state index contributed by atoms with van der Waals surface area (Å²) in [6.45, 7) is 4.34. The minimum atomic E-state index is -0.580. The Kier molecular flexibility index (Phi) is 6.16. The Morgan fingerprint density at radius 1 is 1.11 bits per heavy atom. The molecule has 28 heavy (non-hydrogen) atoms. The van der Waals surface area contributed by atoms with Crippen LogP contribution in [0.2, 0.25) is 0 Å². The van der Waals surface area contributed by atoms with Gasteiger partial charge in [-0.25, -0.2) is 14.5 Å². The topological polar surface area (TPSA) is 77.3 Å². The standard InChI is InChI=1S/C21H22N4O3/c1-3-24(14-17-9-5-4-6-10-17)20(26)15-28-21(27)18-13-23-25(16(18)2)19-11-7-8-12-22-19/h4-13H,3,14-15H2,1-2H3. The Hall–Kier alpha value is -3.48. The second-order valence-electron chi connectivity index (χ2n) is 6.21. The fourth-order valence-corrected chi connectivity index (χ4v) is 2.80. The van der Waals surface area contributed by atoms with Gasteiger partial charge in [0.05, 0.1) is 11.9 Å². The Morgan fingerprint density at radius 2 is 1.86 bits per heavy atom. The molecule has 0 fully saturated rings. The third kappa shape index (κ3) is 4.43. The number of hydrogen-bond donors (Lipinski definition) is 0. The van der Waals surface area contributed by atoms with Gasteiger partial charge < -0.3 is 9.64 Å². The maximum absolute atomic E-state index is 12.4. The minimum absolute atomic E-state index is 0.241. The number of amides is 1. The van der Waals surface area contributed by atoms with E-state index < -0.39 is 5.97 Å². The van der Waals surface area contributed by atoms with E-state index in [1.807, 2.05) is 43.3 Å². The summed E-state index contributed by atoms with van der Waals surface area (Å²) in [6, 6.07) is 15.1. The highest BCUT2D eigenvalue weighted by atomic mass is 16.5. The van der Waals surface area contributed by atoms with Crippen molar-refractivity contribution < 1.29 is 14.3 Å². The van der Waals surface area contributed by atoms with Crippen molar-refractivity contribution in [2.45, 2.75) is 20.4 Å². The van der Waals surface area contributed by atoms with Crippen LogP contribution in [-0.4, -0.2) is 44.7 Å². The van der Waals surface area contributed by atoms with Crippen molar-refractivity contribution in [2.24, 2.45) is 0 Å². The third-order valence-electron chi connectivity index (χ3n) is 4.37. The molecule has 0 aliphatic carbocycles. The van der Waals surface area contributed by atoms with Gasteiger partial charge in [0.25, 0.3) is 5.91 Å². The van der Waals surface area contributed by atoms with Crippen LogP contribution in [0.4, 0.5) is 0 Å². The van der Waals surface area contributed by atoms with E-state index in [9.17, 15) is 9.59 Å². The molecule has 7 heteroatoms. The van der Waals surface area contributed by atoms with Crippen LogP contribution in [0.5, 0.6) is 0 Å². The molecule has 3 aromatic rings. The van der Waals surface area contributed by atoms with Crippen LogP contribution in [0.25, 0.3) is 5.82 Å². The fraction of sp³-hybridized carbons (Fsp3) is 0.238. The zero-order valence-corrected chi connectivity index (χ0v) is 15.9. The number of carbonyl (C=O) groups excluding carboxylic acids is 2. The van der Waals surface area contributed by atoms with Crippen molar-refractivity contribution in [3.8, 4) is 5.82 Å². The molecule has 0 atom stereocenters. The number of likely N-dealkylation sites (N-methyl/N-ethyl adjacent to an activating group) is 1. The van der Waals surface area contributed by atoms with Crippen LogP contribution in [0.3, 0.4) is 0 Å². The molecule has 0 unspecified atom stereocenters. The Bertz CT molecular complexity index is 939. The first-order valence-corrected chi connectivity index (χ1v) is 9.05. The molecule has 144 valence electrons. The zero-order chi connectivity index (χ0) is 19.9. The molecule has 2 heterocycles. The van der Waals surface area contributed by atoms with Crippen molar-refractivity contribution in [3.63, 3.8) is 0 Å². The molecule has 0 aliphatic rings. The first-order valence-electron chi connectivity index (χ1n) is 9.05. The molecule has 1 amide bonds. The summed E-state index contributed by atoms with van der Waals surface area (Å²) in [5, 5.41) is 4.20. The lowest BCUT2D eigenvalue weighted by molar-refractivity contribution is -0.134. The van der Waals surface area contributed by atoms with Gasteiger partial charge in [0, 0.05) is 19.3 Å². The summed E-state index contributed by atoms with van der Waals surface area (Å²) in [5.74, 6) is -0.214. The van der Waals surface area contributed by atoms with Gasteiger partial charge in [0.15, 0.2) is 12.4 Å². The maximum Gasteiger partial charge on any atom is 0.342 e. The average Bonchev–Trinajstić information content (AvgIpc) is 3.12. The molecule has 1 aromatic carbocycles. The van der Waals surface area contributed by atoms with Crippen molar-refractivity contribution in [1.29, 1.82) is 0 Å². The van der Waals surface area contributed by atoms with E-state index in [1.165, 1.54) is 6.20 Å². The van der Waals surface area contributed by atoms with Gasteiger partial charge in [0.1, 0.15) is 5.56 Å². The van der Waals surface area contributed by atoms with E-state index in [4.69, 9.17) is 4.74 Å². The normalized spacial score (nSPS) is 10.5. The molecule has 3 rings (SSSR count). The highest BCUT2D eigenvalue weighted by Crippen LogP contribution is 2.13. The van der Waals surface area contributed by atoms with Crippen LogP contribution >= 0.6 is 0 Å². The van der Waals surface area contributed by atoms with E-state index >= 15 is 0 Å². The number of esters is 1. The van der Waals surface area contributed by atoms with Gasteiger partial charge in [0.2, 0.25) is 0 Å². The van der Waals surface area contributed by atoms with Crippen LogP contribution in [0.1, 0.15) is 28.5 Å². The second kappa shape index (κ2) is 8.94. The number of pyridine rings is 1. The molecule has 7 nitrogen and oxygen atoms in total. The van der Waals surface area contributed by atoms with E-state index in [0.29, 0.717) is 30.2 Å². The lowest BCUT2D eigenvalue weighted by Crippen LogP contribution is -2.34. The smallest absolute Gasteiger partial charge is 0.342 e. The van der Waals surface area contributed by atoms with E-state index in [1.54, 1.807) is 34.8 Å². The second-order valence-corrected chi connectivity index (χ2v) is 6.21. The van der Waals surface area contributed by atoms with Gasteiger partial charge in [-0.3, -0.25) is 4.79 Å². The third-order valence-corrected chi connectivity index (χ3v) is 4.37. The van der Waals surface area contributed by atoms with Crippen molar-refractivity contribution in [1.82, 2.24) is 19.7 Å². The molecule has 0 spiro atoms. The maximum atomic E-state index is 12.4. The number of hydrogen-bond acceptors (Lipinski definition) is 5. The summed E-state index contributed by atoms with van der Waals surface area (Å²) in [4.78, 5) is 30.7. The molecule has 0 bridgehead atoms. The van der Waals surface area contributed by atoms with Gasteiger partial charge in [-0.15, -0.1) is 0 Å². The summed E-state index contributed by atoms with van der Waals surface area (Å²) < 4.78 is 6.80. The Balaban J connectivity index is 1.62. The van der Waals surface area contributed by atoms with Gasteiger partial charge in [-0.1, -0.05) is 36.4 Å². The number of nitrogens with zero attached hydrogens (tertiary/aromatic N) is 4. The van der Waals surface area contributed by atoms with Crippen molar-refractivity contribution in [2.75, 3.05) is 13.2 Å². The number of benzene rings is 1. The first-order chi connectivity index (χ1) is 13.6. The number of aromatic nitrogens is 3. The molecule has 0 saturated heterocycles. The molecule has 2 aromatic heterocycles. The zero-order valence-electron chi connectivity index (χ0n) is 15.9. The van der Waals surface area contributed by atoms with Crippen LogP contribution in [0, 0.1) is 6.92 Å². The van der Waals surface area contributed by atoms with Gasteiger partial charge in [-0.05, 0) is 31.5 Å². The highest BCUT2D eigenvalue weighted by molar-refractivity contribution is 5.92. The minimum Gasteiger partial charge on any atom is -0.452 e. The van der Waals surface area contributed by atoms with Crippen LogP contribution in [-0.2, 0) is 16.1 Å². The van der Waals surface area contributed by atoms with E-state index in [2.05, 4.69) is 10.1 Å². The van der Waals surface area contributed by atoms with E-state index in [0.717, 1.165) is 5.56 Å². The van der Waals surface area contributed by atoms with Crippen molar-refractivity contribution in [3.05, 3.63) is 77.7 Å². The first kappa shape index (κ1) is 19.3. The molecule has 0 N–H and O–H groups in total. The summed E-state index contributed by atoms with van der Waals surface area (Å²) in [5.41, 5.74) is 1.94. The highest BCUT2D eigenvalue weighted by Gasteiger charge is 2.20. The predicted octanol–water partition coefficient (Wildman–Crippen LogP) is 2.78.